The largest absolute Gasteiger partial charge is 0.369 e. The van der Waals surface area contributed by atoms with E-state index in [1.165, 1.54) is 0 Å². The Balaban J connectivity index is 1.74. The van der Waals surface area contributed by atoms with E-state index in [4.69, 9.17) is 4.74 Å². The van der Waals surface area contributed by atoms with Crippen molar-refractivity contribution in [2.75, 3.05) is 20.1 Å². The first-order chi connectivity index (χ1) is 10.0. The lowest BCUT2D eigenvalue weighted by Gasteiger charge is -2.37. The van der Waals surface area contributed by atoms with Crippen molar-refractivity contribution >= 4 is 11.8 Å². The normalized spacial score (nSPS) is 25.2. The first kappa shape index (κ1) is 14.1. The molecule has 7 nitrogen and oxygen atoms in total. The summed E-state index contributed by atoms with van der Waals surface area (Å²) in [6.07, 6.45) is 0.684. The average Bonchev–Trinajstić information content (AvgIpc) is 2.80. The highest BCUT2D eigenvalue weighted by atomic mass is 16.5. The summed E-state index contributed by atoms with van der Waals surface area (Å²) in [6, 6.07) is 0. The molecule has 2 amide bonds. The first-order valence-corrected chi connectivity index (χ1v) is 7.24. The molecular weight excluding hydrogens is 272 g/mol. The summed E-state index contributed by atoms with van der Waals surface area (Å²) in [5.41, 5.74) is 2.32. The molecule has 1 fully saturated rings. The molecule has 114 valence electrons. The number of H-pyrrole nitrogens is 1. The third kappa shape index (κ3) is 2.31. The molecule has 0 aliphatic carbocycles. The van der Waals surface area contributed by atoms with E-state index in [0.717, 1.165) is 11.3 Å². The van der Waals surface area contributed by atoms with Crippen LogP contribution in [0.2, 0.25) is 0 Å². The number of fused-ring (bicyclic) bond motifs is 1. The highest BCUT2D eigenvalue weighted by Gasteiger charge is 2.38. The van der Waals surface area contributed by atoms with E-state index in [1.54, 1.807) is 11.9 Å². The number of rotatable bonds is 2. The van der Waals surface area contributed by atoms with Crippen LogP contribution in [0.1, 0.15) is 41.7 Å². The number of aromatic amines is 1. The van der Waals surface area contributed by atoms with Crippen molar-refractivity contribution in [2.24, 2.45) is 5.92 Å². The zero-order valence-corrected chi connectivity index (χ0v) is 12.5. The van der Waals surface area contributed by atoms with Gasteiger partial charge in [0.25, 0.3) is 5.91 Å². The van der Waals surface area contributed by atoms with Gasteiger partial charge in [-0.05, 0) is 13.8 Å². The number of nitrogens with one attached hydrogen (secondary N) is 2. The highest BCUT2D eigenvalue weighted by Crippen LogP contribution is 2.31. The van der Waals surface area contributed by atoms with Crippen LogP contribution in [0, 0.1) is 5.92 Å². The van der Waals surface area contributed by atoms with Gasteiger partial charge < -0.3 is 15.0 Å². The number of carbonyl (C=O) groups excluding carboxylic acids is 2. The summed E-state index contributed by atoms with van der Waals surface area (Å²) < 4.78 is 5.72. The molecule has 1 aromatic heterocycles. The van der Waals surface area contributed by atoms with Crippen molar-refractivity contribution in [1.82, 2.24) is 20.4 Å². The monoisotopic (exact) mass is 292 g/mol. The fraction of sp³-hybridized carbons (Fsp3) is 0.643. The topological polar surface area (TPSA) is 87.3 Å². The molecule has 7 heteroatoms. The zero-order valence-electron chi connectivity index (χ0n) is 12.5. The molecule has 0 radical (unpaired) electrons. The molecule has 1 saturated heterocycles. The number of hydrogen-bond donors (Lipinski definition) is 2. The van der Waals surface area contributed by atoms with E-state index in [-0.39, 0.29) is 29.9 Å². The third-order valence-electron chi connectivity index (χ3n) is 4.22. The molecule has 3 heterocycles. The molecule has 0 saturated carbocycles. The Kier molecular flexibility index (Phi) is 3.44. The molecular formula is C14H20N4O3. The van der Waals surface area contributed by atoms with E-state index < -0.39 is 0 Å². The molecule has 2 atom stereocenters. The predicted octanol–water partition coefficient (Wildman–Crippen LogP) is 0.250. The van der Waals surface area contributed by atoms with E-state index in [9.17, 15) is 9.59 Å². The molecule has 3 rings (SSSR count). The van der Waals surface area contributed by atoms with Crippen LogP contribution in [0.4, 0.5) is 0 Å². The van der Waals surface area contributed by atoms with Crippen molar-refractivity contribution in [3.8, 4) is 0 Å². The Labute approximate surface area is 123 Å². The molecule has 2 aliphatic heterocycles. The van der Waals surface area contributed by atoms with Gasteiger partial charge in [-0.2, -0.15) is 5.10 Å². The lowest BCUT2D eigenvalue weighted by atomic mass is 9.96. The molecule has 2 N–H and O–H groups in total. The molecule has 21 heavy (non-hydrogen) atoms. The first-order valence-electron chi connectivity index (χ1n) is 7.24. The predicted molar refractivity (Wildman–Crippen MR) is 74.7 cm³/mol. The van der Waals surface area contributed by atoms with Crippen molar-refractivity contribution < 1.29 is 14.3 Å². The Morgan fingerprint density at radius 1 is 1.38 bits per heavy atom. The van der Waals surface area contributed by atoms with Crippen molar-refractivity contribution in [3.05, 3.63) is 17.0 Å². The average molecular weight is 292 g/mol. The van der Waals surface area contributed by atoms with Gasteiger partial charge in [0.1, 0.15) is 0 Å². The molecule has 0 aromatic carbocycles. The zero-order chi connectivity index (χ0) is 15.1. The van der Waals surface area contributed by atoms with Crippen LogP contribution in [0.3, 0.4) is 0 Å². The number of nitrogens with zero attached hydrogens (tertiary/aromatic N) is 2. The Hall–Kier alpha value is -1.89. The minimum Gasteiger partial charge on any atom is -0.369 e. The van der Waals surface area contributed by atoms with E-state index in [0.29, 0.717) is 25.2 Å². The van der Waals surface area contributed by atoms with Gasteiger partial charge in [-0.1, -0.05) is 0 Å². The van der Waals surface area contributed by atoms with Gasteiger partial charge in [-0.25, -0.2) is 0 Å². The summed E-state index contributed by atoms with van der Waals surface area (Å²) in [5.74, 6) is -0.220. The second-order valence-electron chi connectivity index (χ2n) is 5.78. The molecule has 0 unspecified atom stereocenters. The quantitative estimate of drug-likeness (QED) is 0.818. The van der Waals surface area contributed by atoms with Crippen LogP contribution < -0.4 is 5.32 Å². The van der Waals surface area contributed by atoms with Crippen LogP contribution >= 0.6 is 0 Å². The summed E-state index contributed by atoms with van der Waals surface area (Å²) in [4.78, 5) is 25.6. The van der Waals surface area contributed by atoms with Crippen LogP contribution in [0.25, 0.3) is 0 Å². The molecule has 2 aliphatic rings. The SMILES string of the molecule is CNC(=O)C1CN(C(=O)c2n[nH]c3c2C[C@H](C)O[C@@H]3C)C1. The lowest BCUT2D eigenvalue weighted by molar-refractivity contribution is -0.128. The fourth-order valence-electron chi connectivity index (χ4n) is 3.01. The van der Waals surface area contributed by atoms with Gasteiger partial charge in [-0.15, -0.1) is 0 Å². The van der Waals surface area contributed by atoms with E-state index in [2.05, 4.69) is 15.5 Å². The number of hydrogen-bond acceptors (Lipinski definition) is 4. The Morgan fingerprint density at radius 3 is 2.76 bits per heavy atom. The van der Waals surface area contributed by atoms with Crippen LogP contribution in [0.5, 0.6) is 0 Å². The van der Waals surface area contributed by atoms with Crippen molar-refractivity contribution in [2.45, 2.75) is 32.5 Å². The van der Waals surface area contributed by atoms with Crippen LogP contribution in [-0.4, -0.2) is 53.2 Å². The maximum Gasteiger partial charge on any atom is 0.274 e. The van der Waals surface area contributed by atoms with E-state index in [1.807, 2.05) is 13.8 Å². The van der Waals surface area contributed by atoms with Crippen molar-refractivity contribution in [3.63, 3.8) is 0 Å². The highest BCUT2D eigenvalue weighted by molar-refractivity contribution is 5.96. The third-order valence-corrected chi connectivity index (χ3v) is 4.22. The van der Waals surface area contributed by atoms with Crippen molar-refractivity contribution in [1.29, 1.82) is 0 Å². The second-order valence-corrected chi connectivity index (χ2v) is 5.78. The van der Waals surface area contributed by atoms with Crippen LogP contribution in [-0.2, 0) is 16.0 Å². The Morgan fingerprint density at radius 2 is 2.10 bits per heavy atom. The maximum absolute atomic E-state index is 12.5. The van der Waals surface area contributed by atoms with Gasteiger partial charge in [0.05, 0.1) is 23.8 Å². The van der Waals surface area contributed by atoms with Gasteiger partial charge in [0, 0.05) is 32.1 Å². The minimum atomic E-state index is -0.103. The smallest absolute Gasteiger partial charge is 0.274 e. The van der Waals surface area contributed by atoms with Gasteiger partial charge in [0.2, 0.25) is 5.91 Å². The lowest BCUT2D eigenvalue weighted by Crippen LogP contribution is -2.55. The summed E-state index contributed by atoms with van der Waals surface area (Å²) >= 11 is 0. The number of aromatic nitrogens is 2. The number of ether oxygens (including phenoxy) is 1. The second kappa shape index (κ2) is 5.14. The van der Waals surface area contributed by atoms with E-state index >= 15 is 0 Å². The number of amides is 2. The Bertz CT molecular complexity index is 577. The fourth-order valence-corrected chi connectivity index (χ4v) is 3.01. The maximum atomic E-state index is 12.5. The standard InChI is InChI=1S/C14H20N4O3/c1-7-4-10-11(8(2)21-7)16-17-12(10)14(20)18-5-9(6-18)13(19)15-3/h7-9H,4-6H2,1-3H3,(H,15,19)(H,16,17)/t7-,8+/m0/s1. The van der Waals surface area contributed by atoms with Gasteiger partial charge in [-0.3, -0.25) is 14.7 Å². The van der Waals surface area contributed by atoms with Crippen LogP contribution in [0.15, 0.2) is 0 Å². The number of carbonyl (C=O) groups is 2. The molecule has 1 aromatic rings. The number of likely N-dealkylation sites (tertiary alicyclic amines) is 1. The molecule has 0 bridgehead atoms. The summed E-state index contributed by atoms with van der Waals surface area (Å²) in [5, 5.41) is 9.71. The summed E-state index contributed by atoms with van der Waals surface area (Å²) in [7, 11) is 1.61. The summed E-state index contributed by atoms with van der Waals surface area (Å²) in [6.45, 7) is 4.86. The minimum absolute atomic E-state index is 0.0150. The van der Waals surface area contributed by atoms with Gasteiger partial charge in [0.15, 0.2) is 5.69 Å². The molecule has 0 spiro atoms. The van der Waals surface area contributed by atoms with Gasteiger partial charge >= 0.3 is 0 Å².